The summed E-state index contributed by atoms with van der Waals surface area (Å²) in [5.74, 6) is 0.119. The molecule has 18 heavy (non-hydrogen) atoms. The van der Waals surface area contributed by atoms with E-state index in [4.69, 9.17) is 4.74 Å². The summed E-state index contributed by atoms with van der Waals surface area (Å²) in [6, 6.07) is 3.88. The fourth-order valence-electron chi connectivity index (χ4n) is 2.19. The molecular formula is C14H20N2O2. The second kappa shape index (κ2) is 6.50. The molecule has 0 bridgehead atoms. The van der Waals surface area contributed by atoms with Crippen molar-refractivity contribution >= 4 is 5.91 Å². The third-order valence-electron chi connectivity index (χ3n) is 3.27. The number of pyridine rings is 1. The van der Waals surface area contributed by atoms with Crippen LogP contribution < -0.4 is 0 Å². The lowest BCUT2D eigenvalue weighted by molar-refractivity contribution is -0.146. The maximum Gasteiger partial charge on any atom is 0.251 e. The lowest BCUT2D eigenvalue weighted by Gasteiger charge is -2.28. The van der Waals surface area contributed by atoms with E-state index in [0.29, 0.717) is 19.7 Å². The maximum atomic E-state index is 12.3. The van der Waals surface area contributed by atoms with Gasteiger partial charge in [-0.05, 0) is 43.9 Å². The number of likely N-dealkylation sites (N-methyl/N-ethyl adjacent to an activating group) is 1. The fourth-order valence-corrected chi connectivity index (χ4v) is 2.19. The van der Waals surface area contributed by atoms with Crippen molar-refractivity contribution in [1.82, 2.24) is 9.88 Å². The molecule has 1 saturated heterocycles. The number of hydrogen-bond acceptors (Lipinski definition) is 3. The Morgan fingerprint density at radius 3 is 2.83 bits per heavy atom. The Bertz CT molecular complexity index is 375. The van der Waals surface area contributed by atoms with Gasteiger partial charge in [0, 0.05) is 32.1 Å². The summed E-state index contributed by atoms with van der Waals surface area (Å²) in [7, 11) is 0. The number of ether oxygens (including phenoxy) is 1. The van der Waals surface area contributed by atoms with Gasteiger partial charge in [-0.1, -0.05) is 0 Å². The highest BCUT2D eigenvalue weighted by atomic mass is 16.5. The van der Waals surface area contributed by atoms with Crippen LogP contribution in [0.5, 0.6) is 0 Å². The zero-order valence-electron chi connectivity index (χ0n) is 10.8. The molecule has 0 saturated carbocycles. The minimum absolute atomic E-state index is 0.119. The minimum Gasteiger partial charge on any atom is -0.368 e. The molecule has 1 aliphatic heterocycles. The van der Waals surface area contributed by atoms with Crippen molar-refractivity contribution in [2.45, 2.75) is 38.8 Å². The molecule has 1 unspecified atom stereocenters. The molecule has 0 aromatic carbocycles. The predicted octanol–water partition coefficient (Wildman–Crippen LogP) is 2.00. The highest BCUT2D eigenvalue weighted by molar-refractivity contribution is 5.81. The largest absolute Gasteiger partial charge is 0.368 e. The van der Waals surface area contributed by atoms with E-state index in [-0.39, 0.29) is 12.0 Å². The Kier molecular flexibility index (Phi) is 4.70. The van der Waals surface area contributed by atoms with Crippen LogP contribution in [-0.4, -0.2) is 35.0 Å². The van der Waals surface area contributed by atoms with E-state index in [1.807, 2.05) is 24.0 Å². The lowest BCUT2D eigenvalue weighted by Crippen LogP contribution is -2.41. The molecule has 1 aromatic heterocycles. The molecule has 1 aromatic rings. The second-order valence-corrected chi connectivity index (χ2v) is 4.56. The summed E-state index contributed by atoms with van der Waals surface area (Å²) in [6.07, 6.45) is 6.28. The van der Waals surface area contributed by atoms with Crippen LogP contribution in [-0.2, 0) is 16.1 Å². The fraction of sp³-hybridized carbons (Fsp3) is 0.571. The van der Waals surface area contributed by atoms with Gasteiger partial charge >= 0.3 is 0 Å². The molecule has 0 aliphatic carbocycles. The lowest BCUT2D eigenvalue weighted by atomic mass is 10.1. The van der Waals surface area contributed by atoms with Gasteiger partial charge in [-0.25, -0.2) is 0 Å². The second-order valence-electron chi connectivity index (χ2n) is 4.56. The van der Waals surface area contributed by atoms with Crippen LogP contribution in [0.1, 0.15) is 31.7 Å². The van der Waals surface area contributed by atoms with Crippen molar-refractivity contribution in [3.63, 3.8) is 0 Å². The molecule has 2 rings (SSSR count). The molecule has 98 valence electrons. The Morgan fingerprint density at radius 1 is 1.44 bits per heavy atom. The molecule has 0 N–H and O–H groups in total. The van der Waals surface area contributed by atoms with Crippen LogP contribution in [0.3, 0.4) is 0 Å². The van der Waals surface area contributed by atoms with Crippen LogP contribution in [0.4, 0.5) is 0 Å². The summed E-state index contributed by atoms with van der Waals surface area (Å²) in [4.78, 5) is 18.2. The Labute approximate surface area is 108 Å². The molecule has 0 radical (unpaired) electrons. The monoisotopic (exact) mass is 248 g/mol. The van der Waals surface area contributed by atoms with Crippen molar-refractivity contribution in [3.8, 4) is 0 Å². The van der Waals surface area contributed by atoms with Crippen molar-refractivity contribution in [2.75, 3.05) is 13.2 Å². The van der Waals surface area contributed by atoms with E-state index in [0.717, 1.165) is 24.8 Å². The molecule has 1 atom stereocenters. The normalized spacial score (nSPS) is 19.5. The summed E-state index contributed by atoms with van der Waals surface area (Å²) < 4.78 is 5.56. The third kappa shape index (κ3) is 3.29. The zero-order chi connectivity index (χ0) is 12.8. The van der Waals surface area contributed by atoms with Gasteiger partial charge in [0.05, 0.1) is 0 Å². The first kappa shape index (κ1) is 13.0. The SMILES string of the molecule is CCN(Cc1ccncc1)C(=O)C1CCCCO1. The molecule has 1 amide bonds. The Morgan fingerprint density at radius 2 is 2.22 bits per heavy atom. The van der Waals surface area contributed by atoms with Crippen molar-refractivity contribution in [3.05, 3.63) is 30.1 Å². The van der Waals surface area contributed by atoms with Gasteiger partial charge in [0.1, 0.15) is 6.10 Å². The van der Waals surface area contributed by atoms with Crippen LogP contribution in [0.2, 0.25) is 0 Å². The van der Waals surface area contributed by atoms with E-state index >= 15 is 0 Å². The number of nitrogens with zero attached hydrogens (tertiary/aromatic N) is 2. The van der Waals surface area contributed by atoms with Crippen LogP contribution in [0.25, 0.3) is 0 Å². The average molecular weight is 248 g/mol. The Hall–Kier alpha value is -1.42. The smallest absolute Gasteiger partial charge is 0.251 e. The number of aromatic nitrogens is 1. The molecular weight excluding hydrogens is 228 g/mol. The maximum absolute atomic E-state index is 12.3. The van der Waals surface area contributed by atoms with Crippen molar-refractivity contribution < 1.29 is 9.53 Å². The van der Waals surface area contributed by atoms with Gasteiger partial charge in [0.2, 0.25) is 0 Å². The van der Waals surface area contributed by atoms with Crippen LogP contribution in [0.15, 0.2) is 24.5 Å². The number of hydrogen-bond donors (Lipinski definition) is 0. The third-order valence-corrected chi connectivity index (χ3v) is 3.27. The number of carbonyl (C=O) groups is 1. The number of amides is 1. The van der Waals surface area contributed by atoms with Gasteiger partial charge in [-0.15, -0.1) is 0 Å². The highest BCUT2D eigenvalue weighted by Crippen LogP contribution is 2.16. The van der Waals surface area contributed by atoms with E-state index in [1.54, 1.807) is 12.4 Å². The van der Waals surface area contributed by atoms with E-state index in [9.17, 15) is 4.79 Å². The average Bonchev–Trinajstić information content (AvgIpc) is 2.46. The number of rotatable bonds is 4. The van der Waals surface area contributed by atoms with Crippen LogP contribution >= 0.6 is 0 Å². The molecule has 1 fully saturated rings. The quantitative estimate of drug-likeness (QED) is 0.818. The van der Waals surface area contributed by atoms with Crippen molar-refractivity contribution in [1.29, 1.82) is 0 Å². The molecule has 4 heteroatoms. The molecule has 2 heterocycles. The summed E-state index contributed by atoms with van der Waals surface area (Å²) in [5, 5.41) is 0. The zero-order valence-corrected chi connectivity index (χ0v) is 10.8. The molecule has 4 nitrogen and oxygen atoms in total. The first-order valence-electron chi connectivity index (χ1n) is 6.60. The van der Waals surface area contributed by atoms with Gasteiger partial charge in [0.15, 0.2) is 0 Å². The first-order valence-corrected chi connectivity index (χ1v) is 6.60. The highest BCUT2D eigenvalue weighted by Gasteiger charge is 2.26. The first-order chi connectivity index (χ1) is 8.81. The van der Waals surface area contributed by atoms with Gasteiger partial charge in [-0.3, -0.25) is 9.78 Å². The van der Waals surface area contributed by atoms with E-state index in [1.165, 1.54) is 0 Å². The topological polar surface area (TPSA) is 42.4 Å². The predicted molar refractivity (Wildman–Crippen MR) is 68.9 cm³/mol. The minimum atomic E-state index is -0.236. The molecule has 0 spiro atoms. The summed E-state index contributed by atoms with van der Waals surface area (Å²) in [5.41, 5.74) is 1.11. The van der Waals surface area contributed by atoms with Gasteiger partial charge < -0.3 is 9.64 Å². The van der Waals surface area contributed by atoms with Gasteiger partial charge in [-0.2, -0.15) is 0 Å². The van der Waals surface area contributed by atoms with E-state index in [2.05, 4.69) is 4.98 Å². The number of carbonyl (C=O) groups excluding carboxylic acids is 1. The summed E-state index contributed by atoms with van der Waals surface area (Å²) >= 11 is 0. The van der Waals surface area contributed by atoms with Gasteiger partial charge in [0.25, 0.3) is 5.91 Å². The van der Waals surface area contributed by atoms with E-state index < -0.39 is 0 Å². The van der Waals surface area contributed by atoms with Crippen LogP contribution in [0, 0.1) is 0 Å². The Balaban J connectivity index is 1.97. The van der Waals surface area contributed by atoms with Crippen molar-refractivity contribution in [2.24, 2.45) is 0 Å². The standard InChI is InChI=1S/C14H20N2O2/c1-2-16(11-12-6-8-15-9-7-12)14(17)13-5-3-4-10-18-13/h6-9,13H,2-5,10-11H2,1H3. The summed E-state index contributed by atoms with van der Waals surface area (Å²) in [6.45, 7) is 4.06. The molecule has 1 aliphatic rings.